The molecule has 0 aromatic carbocycles. The van der Waals surface area contributed by atoms with Crippen molar-refractivity contribution in [2.24, 2.45) is 0 Å². The quantitative estimate of drug-likeness (QED) is 0.0282. The van der Waals surface area contributed by atoms with Gasteiger partial charge in [-0.05, 0) is 70.6 Å². The van der Waals surface area contributed by atoms with Crippen LogP contribution in [0.5, 0.6) is 0 Å². The van der Waals surface area contributed by atoms with Crippen molar-refractivity contribution in [1.29, 1.82) is 0 Å². The number of esters is 2. The highest BCUT2D eigenvalue weighted by Crippen LogP contribution is 2.14. The van der Waals surface area contributed by atoms with Crippen molar-refractivity contribution < 1.29 is 38.2 Å². The van der Waals surface area contributed by atoms with E-state index in [9.17, 15) is 19.5 Å². The van der Waals surface area contributed by atoms with Gasteiger partial charge in [0.1, 0.15) is 6.61 Å². The van der Waals surface area contributed by atoms with Gasteiger partial charge in [-0.25, -0.2) is 4.79 Å². The van der Waals surface area contributed by atoms with E-state index in [1.165, 1.54) is 135 Å². The number of hydrogen-bond acceptors (Lipinski definition) is 6. The van der Waals surface area contributed by atoms with Gasteiger partial charge in [-0.15, -0.1) is 0 Å². The molecular weight excluding hydrogens is 751 g/mol. The summed E-state index contributed by atoms with van der Waals surface area (Å²) in [6.45, 7) is 4.68. The van der Waals surface area contributed by atoms with E-state index in [0.29, 0.717) is 19.3 Å². The Hall–Kier alpha value is -2.71. The molecule has 0 aromatic rings. The van der Waals surface area contributed by atoms with Crippen LogP contribution in [0.1, 0.15) is 213 Å². The lowest BCUT2D eigenvalue weighted by Gasteiger charge is -2.31. The van der Waals surface area contributed by atoms with Gasteiger partial charge in [0.05, 0.1) is 34.4 Å². The number of aliphatic carboxylic acids is 1. The van der Waals surface area contributed by atoms with Crippen LogP contribution in [-0.2, 0) is 28.6 Å². The number of quaternary nitrogens is 1. The molecular formula is C52H94NO7+. The van der Waals surface area contributed by atoms with Gasteiger partial charge in [0, 0.05) is 19.3 Å². The zero-order valence-corrected chi connectivity index (χ0v) is 39.7. The van der Waals surface area contributed by atoms with E-state index >= 15 is 0 Å². The zero-order valence-electron chi connectivity index (χ0n) is 39.7. The molecule has 0 heterocycles. The lowest BCUT2D eigenvalue weighted by molar-refractivity contribution is -0.887. The third-order valence-electron chi connectivity index (χ3n) is 11.0. The first-order valence-corrected chi connectivity index (χ1v) is 24.7. The molecule has 60 heavy (non-hydrogen) atoms. The number of likely N-dealkylation sites (N-methyl/N-ethyl adjacent to an activating group) is 1. The summed E-state index contributed by atoms with van der Waals surface area (Å²) in [5, 5.41) is 9.64. The second-order valence-corrected chi connectivity index (χ2v) is 17.7. The molecule has 0 spiro atoms. The monoisotopic (exact) mass is 845 g/mol. The molecule has 0 fully saturated rings. The molecule has 8 nitrogen and oxygen atoms in total. The fraction of sp³-hybridized carbons (Fsp3) is 0.788. The zero-order chi connectivity index (χ0) is 44.2. The number of hydrogen-bond donors (Lipinski definition) is 1. The minimum Gasteiger partial charge on any atom is -0.477 e. The molecule has 0 saturated heterocycles. The van der Waals surface area contributed by atoms with Crippen LogP contribution >= 0.6 is 0 Å². The molecule has 1 N–H and O–H groups in total. The number of carbonyl (C=O) groups is 3. The SMILES string of the molecule is CCCCCCCC/C=C/C/C=C/C/C=C/CCCC(=O)OC(COCCC(C(=O)O)[N+](C)(C)C)COC(=O)CCCCCCCCC/C=C/CCCCCCCCCC. The maximum absolute atomic E-state index is 12.7. The van der Waals surface area contributed by atoms with Gasteiger partial charge >= 0.3 is 17.9 Å². The van der Waals surface area contributed by atoms with Crippen LogP contribution in [0.15, 0.2) is 48.6 Å². The van der Waals surface area contributed by atoms with Gasteiger partial charge in [0.2, 0.25) is 0 Å². The summed E-state index contributed by atoms with van der Waals surface area (Å²) < 4.78 is 17.3. The number of nitrogens with zero attached hydrogens (tertiary/aromatic N) is 1. The number of carboxylic acid groups (broad SMARTS) is 1. The van der Waals surface area contributed by atoms with E-state index in [1.54, 1.807) is 0 Å². The molecule has 0 saturated carbocycles. The fourth-order valence-electron chi connectivity index (χ4n) is 7.10. The Morgan fingerprint density at radius 2 is 0.900 bits per heavy atom. The van der Waals surface area contributed by atoms with E-state index in [4.69, 9.17) is 14.2 Å². The smallest absolute Gasteiger partial charge is 0.362 e. The largest absolute Gasteiger partial charge is 0.477 e. The van der Waals surface area contributed by atoms with Crippen LogP contribution in [0.25, 0.3) is 0 Å². The van der Waals surface area contributed by atoms with E-state index in [1.807, 2.05) is 21.1 Å². The number of carbonyl (C=O) groups excluding carboxylic acids is 2. The van der Waals surface area contributed by atoms with Crippen molar-refractivity contribution in [2.45, 2.75) is 225 Å². The van der Waals surface area contributed by atoms with Crippen LogP contribution < -0.4 is 0 Å². The standard InChI is InChI=1S/C52H93NO7/c1-6-8-10-12-14-16-18-20-22-24-25-27-28-30-32-34-36-38-40-42-50(54)59-47-48(46-58-45-44-49(52(56)57)53(3,4)5)60-51(55)43-41-39-37-35-33-31-29-26-23-21-19-17-15-13-11-9-7-2/h21,23-25,29,31,35,37,48-49H,6-20,22,26-28,30,32-34,36,38-47H2,1-5H3/p+1/b23-21+,25-24+,31-29+,37-35+. The van der Waals surface area contributed by atoms with Gasteiger partial charge in [-0.3, -0.25) is 9.59 Å². The van der Waals surface area contributed by atoms with E-state index in [-0.39, 0.29) is 42.7 Å². The molecule has 0 rings (SSSR count). The highest BCUT2D eigenvalue weighted by molar-refractivity contribution is 5.72. The summed E-state index contributed by atoms with van der Waals surface area (Å²) in [4.78, 5) is 37.1. The number of carboxylic acids is 1. The van der Waals surface area contributed by atoms with E-state index in [2.05, 4.69) is 62.5 Å². The Balaban J connectivity index is 4.35. The molecule has 0 aromatic heterocycles. The molecule has 0 aliphatic carbocycles. The number of allylic oxidation sites excluding steroid dienone is 8. The average molecular weight is 845 g/mol. The first-order valence-electron chi connectivity index (χ1n) is 24.7. The maximum atomic E-state index is 12.7. The number of ether oxygens (including phenoxy) is 3. The predicted molar refractivity (Wildman–Crippen MR) is 252 cm³/mol. The first kappa shape index (κ1) is 57.3. The lowest BCUT2D eigenvalue weighted by Crippen LogP contribution is -2.50. The van der Waals surface area contributed by atoms with Crippen LogP contribution in [0.4, 0.5) is 0 Å². The minimum absolute atomic E-state index is 0.0397. The molecule has 0 aliphatic heterocycles. The van der Waals surface area contributed by atoms with Crippen LogP contribution in [0.2, 0.25) is 0 Å². The fourth-order valence-corrected chi connectivity index (χ4v) is 7.10. The molecule has 0 aliphatic rings. The summed E-state index contributed by atoms with van der Waals surface area (Å²) in [7, 11) is 5.51. The van der Waals surface area contributed by atoms with Gasteiger partial charge < -0.3 is 23.8 Å². The van der Waals surface area contributed by atoms with Gasteiger partial charge in [0.25, 0.3) is 0 Å². The van der Waals surface area contributed by atoms with Crippen LogP contribution in [-0.4, -0.2) is 80.6 Å². The molecule has 2 unspecified atom stereocenters. The topological polar surface area (TPSA) is 99.1 Å². The van der Waals surface area contributed by atoms with Crippen molar-refractivity contribution in [3.05, 3.63) is 48.6 Å². The van der Waals surface area contributed by atoms with Crippen molar-refractivity contribution in [1.82, 2.24) is 0 Å². The number of rotatable bonds is 44. The van der Waals surface area contributed by atoms with E-state index in [0.717, 1.165) is 38.5 Å². The predicted octanol–water partition coefficient (Wildman–Crippen LogP) is 14.0. The van der Waals surface area contributed by atoms with E-state index < -0.39 is 18.1 Å². The molecule has 348 valence electrons. The first-order chi connectivity index (χ1) is 29.1. The maximum Gasteiger partial charge on any atom is 0.362 e. The molecule has 0 amide bonds. The Morgan fingerprint density at radius 1 is 0.500 bits per heavy atom. The summed E-state index contributed by atoms with van der Waals surface area (Å²) >= 11 is 0. The van der Waals surface area contributed by atoms with Crippen LogP contribution in [0, 0.1) is 0 Å². The summed E-state index contributed by atoms with van der Waals surface area (Å²) in [5.41, 5.74) is 0. The van der Waals surface area contributed by atoms with Gasteiger partial charge in [0.15, 0.2) is 12.1 Å². The Kier molecular flexibility index (Phi) is 41.0. The lowest BCUT2D eigenvalue weighted by atomic mass is 10.1. The second kappa shape index (κ2) is 43.0. The second-order valence-electron chi connectivity index (χ2n) is 17.7. The van der Waals surface area contributed by atoms with Crippen molar-refractivity contribution >= 4 is 17.9 Å². The summed E-state index contributed by atoms with van der Waals surface area (Å²) in [6, 6.07) is -0.625. The highest BCUT2D eigenvalue weighted by Gasteiger charge is 2.31. The Labute approximate surface area is 369 Å². The Bertz CT molecular complexity index is 1120. The number of unbranched alkanes of at least 4 members (excludes halogenated alkanes) is 22. The molecule has 8 heteroatoms. The Morgan fingerprint density at radius 3 is 1.37 bits per heavy atom. The summed E-state index contributed by atoms with van der Waals surface area (Å²) in [6.07, 6.45) is 51.7. The normalized spacial score (nSPS) is 13.3. The third kappa shape index (κ3) is 40.7. The third-order valence-corrected chi connectivity index (χ3v) is 11.0. The van der Waals surface area contributed by atoms with Gasteiger partial charge in [-0.2, -0.15) is 0 Å². The molecule has 0 bridgehead atoms. The summed E-state index contributed by atoms with van der Waals surface area (Å²) in [5.74, 6) is -1.54. The van der Waals surface area contributed by atoms with Crippen LogP contribution in [0.3, 0.4) is 0 Å². The molecule has 0 radical (unpaired) electrons. The van der Waals surface area contributed by atoms with Crippen molar-refractivity contribution in [2.75, 3.05) is 41.0 Å². The minimum atomic E-state index is -0.883. The average Bonchev–Trinajstić information content (AvgIpc) is 3.21. The highest BCUT2D eigenvalue weighted by atomic mass is 16.6. The van der Waals surface area contributed by atoms with Gasteiger partial charge in [-0.1, -0.05) is 172 Å². The van der Waals surface area contributed by atoms with Crippen molar-refractivity contribution in [3.8, 4) is 0 Å². The molecule has 2 atom stereocenters. The van der Waals surface area contributed by atoms with Crippen molar-refractivity contribution in [3.63, 3.8) is 0 Å².